The molecule has 0 spiro atoms. The molecule has 2 N–H and O–H groups in total. The Balaban J connectivity index is 1.78. The maximum Gasteiger partial charge on any atom is 0.315 e. The summed E-state index contributed by atoms with van der Waals surface area (Å²) < 4.78 is 10.7. The maximum absolute atomic E-state index is 11.9. The Bertz CT molecular complexity index is 400. The molecule has 2 rings (SSSR count). The molecule has 6 nitrogen and oxygen atoms in total. The van der Waals surface area contributed by atoms with Crippen LogP contribution in [0.5, 0.6) is 0 Å². The number of rotatable bonds is 5. The second-order valence-electron chi connectivity index (χ2n) is 5.24. The minimum atomic E-state index is -0.129. The number of nitrogens with zero attached hydrogens (tertiary/aromatic N) is 1. The van der Waals surface area contributed by atoms with E-state index in [1.807, 2.05) is 31.1 Å². The van der Waals surface area contributed by atoms with Gasteiger partial charge >= 0.3 is 6.03 Å². The normalized spacial score (nSPS) is 17.9. The first-order chi connectivity index (χ1) is 9.66. The highest BCUT2D eigenvalue weighted by molar-refractivity contribution is 5.74. The van der Waals surface area contributed by atoms with E-state index in [0.717, 1.165) is 31.8 Å². The lowest BCUT2D eigenvalue weighted by molar-refractivity contribution is 0.0800. The van der Waals surface area contributed by atoms with Gasteiger partial charge in [0.1, 0.15) is 5.76 Å². The average Bonchev–Trinajstić information content (AvgIpc) is 2.93. The quantitative estimate of drug-likeness (QED) is 0.855. The predicted octanol–water partition coefficient (Wildman–Crippen LogP) is 1.36. The summed E-state index contributed by atoms with van der Waals surface area (Å²) in [5.41, 5.74) is 0. The van der Waals surface area contributed by atoms with Crippen molar-refractivity contribution < 1.29 is 13.9 Å². The van der Waals surface area contributed by atoms with Gasteiger partial charge in [0.05, 0.1) is 12.3 Å². The summed E-state index contributed by atoms with van der Waals surface area (Å²) in [7, 11) is 3.93. The second kappa shape index (κ2) is 7.31. The van der Waals surface area contributed by atoms with Crippen molar-refractivity contribution >= 4 is 6.03 Å². The van der Waals surface area contributed by atoms with Crippen molar-refractivity contribution in [2.45, 2.75) is 24.9 Å². The van der Waals surface area contributed by atoms with Crippen LogP contribution < -0.4 is 10.6 Å². The summed E-state index contributed by atoms with van der Waals surface area (Å²) in [5, 5.41) is 5.89. The van der Waals surface area contributed by atoms with Crippen molar-refractivity contribution in [3.63, 3.8) is 0 Å². The van der Waals surface area contributed by atoms with Crippen molar-refractivity contribution in [2.24, 2.45) is 0 Å². The predicted molar refractivity (Wildman–Crippen MR) is 75.5 cm³/mol. The number of nitrogens with one attached hydrogen (secondary N) is 2. The van der Waals surface area contributed by atoms with Gasteiger partial charge in [-0.1, -0.05) is 0 Å². The third-order valence-corrected chi connectivity index (χ3v) is 3.51. The Morgan fingerprint density at radius 2 is 2.20 bits per heavy atom. The first kappa shape index (κ1) is 14.9. The molecule has 0 aromatic carbocycles. The number of likely N-dealkylation sites (N-methyl/N-ethyl adjacent to an activating group) is 1. The first-order valence-corrected chi connectivity index (χ1v) is 6.98. The largest absolute Gasteiger partial charge is 0.468 e. The molecule has 112 valence electrons. The molecule has 1 saturated heterocycles. The summed E-state index contributed by atoms with van der Waals surface area (Å²) in [6.07, 6.45) is 3.40. The van der Waals surface area contributed by atoms with Crippen molar-refractivity contribution in [2.75, 3.05) is 33.9 Å². The van der Waals surface area contributed by atoms with Crippen LogP contribution >= 0.6 is 0 Å². The van der Waals surface area contributed by atoms with Crippen LogP contribution in [-0.4, -0.2) is 50.8 Å². The molecule has 0 radical (unpaired) electrons. The van der Waals surface area contributed by atoms with Crippen LogP contribution in [0.4, 0.5) is 4.79 Å². The number of amides is 2. The number of hydrogen-bond donors (Lipinski definition) is 2. The van der Waals surface area contributed by atoms with Crippen LogP contribution in [0.3, 0.4) is 0 Å². The number of hydrogen-bond acceptors (Lipinski definition) is 4. The van der Waals surface area contributed by atoms with E-state index < -0.39 is 0 Å². The van der Waals surface area contributed by atoms with E-state index in [1.165, 1.54) is 0 Å². The monoisotopic (exact) mass is 281 g/mol. The zero-order valence-electron chi connectivity index (χ0n) is 12.1. The van der Waals surface area contributed by atoms with Crippen LogP contribution in [0, 0.1) is 0 Å². The number of carbonyl (C=O) groups is 1. The van der Waals surface area contributed by atoms with E-state index in [9.17, 15) is 4.79 Å². The van der Waals surface area contributed by atoms with E-state index in [0.29, 0.717) is 6.54 Å². The Hall–Kier alpha value is -1.53. The van der Waals surface area contributed by atoms with Gasteiger partial charge in [-0.15, -0.1) is 0 Å². The SMILES string of the molecule is CN(C)C(CNC(=O)NC1CCOCC1)c1ccco1. The lowest BCUT2D eigenvalue weighted by Gasteiger charge is -2.25. The second-order valence-corrected chi connectivity index (χ2v) is 5.24. The van der Waals surface area contributed by atoms with Crippen LogP contribution in [-0.2, 0) is 4.74 Å². The van der Waals surface area contributed by atoms with Gasteiger partial charge < -0.3 is 19.8 Å². The van der Waals surface area contributed by atoms with Gasteiger partial charge in [0.25, 0.3) is 0 Å². The summed E-state index contributed by atoms with van der Waals surface area (Å²) in [6.45, 7) is 1.95. The van der Waals surface area contributed by atoms with Gasteiger partial charge in [-0.05, 0) is 39.1 Å². The highest BCUT2D eigenvalue weighted by atomic mass is 16.5. The lowest BCUT2D eigenvalue weighted by atomic mass is 10.1. The molecule has 0 aliphatic carbocycles. The first-order valence-electron chi connectivity index (χ1n) is 6.98. The number of carbonyl (C=O) groups excluding carboxylic acids is 1. The highest BCUT2D eigenvalue weighted by Crippen LogP contribution is 2.17. The molecule has 1 aliphatic heterocycles. The molecule has 1 unspecified atom stereocenters. The number of urea groups is 1. The number of ether oxygens (including phenoxy) is 1. The van der Waals surface area contributed by atoms with Crippen LogP contribution in [0.25, 0.3) is 0 Å². The minimum Gasteiger partial charge on any atom is -0.468 e. The van der Waals surface area contributed by atoms with E-state index in [2.05, 4.69) is 10.6 Å². The standard InChI is InChI=1S/C14H23N3O3/c1-17(2)12(13-4-3-7-20-13)10-15-14(18)16-11-5-8-19-9-6-11/h3-4,7,11-12H,5-6,8-10H2,1-2H3,(H2,15,16,18). The molecule has 1 aromatic heterocycles. The maximum atomic E-state index is 11.9. The fourth-order valence-electron chi connectivity index (χ4n) is 2.29. The zero-order chi connectivity index (χ0) is 14.4. The van der Waals surface area contributed by atoms with Gasteiger partial charge in [0.15, 0.2) is 0 Å². The fraction of sp³-hybridized carbons (Fsp3) is 0.643. The van der Waals surface area contributed by atoms with E-state index in [-0.39, 0.29) is 18.1 Å². The molecule has 1 aromatic rings. The van der Waals surface area contributed by atoms with Crippen molar-refractivity contribution in [1.29, 1.82) is 0 Å². The zero-order valence-corrected chi connectivity index (χ0v) is 12.1. The Morgan fingerprint density at radius 3 is 2.80 bits per heavy atom. The van der Waals surface area contributed by atoms with Gasteiger partial charge in [-0.2, -0.15) is 0 Å². The fourth-order valence-corrected chi connectivity index (χ4v) is 2.29. The molecular formula is C14H23N3O3. The third kappa shape index (κ3) is 4.25. The number of furan rings is 1. The minimum absolute atomic E-state index is 0.0328. The van der Waals surface area contributed by atoms with Gasteiger partial charge in [-0.25, -0.2) is 4.79 Å². The van der Waals surface area contributed by atoms with Crippen molar-refractivity contribution in [1.82, 2.24) is 15.5 Å². The third-order valence-electron chi connectivity index (χ3n) is 3.51. The summed E-state index contributed by atoms with van der Waals surface area (Å²) in [5.74, 6) is 0.848. The van der Waals surface area contributed by atoms with E-state index in [1.54, 1.807) is 6.26 Å². The lowest BCUT2D eigenvalue weighted by Crippen LogP contribution is -2.46. The molecule has 6 heteroatoms. The Kier molecular flexibility index (Phi) is 5.43. The topological polar surface area (TPSA) is 66.7 Å². The van der Waals surface area contributed by atoms with Gasteiger partial charge in [-0.3, -0.25) is 4.90 Å². The van der Waals surface area contributed by atoms with Crippen molar-refractivity contribution in [3.05, 3.63) is 24.2 Å². The molecule has 2 amide bonds. The molecule has 1 aliphatic rings. The van der Waals surface area contributed by atoms with E-state index >= 15 is 0 Å². The van der Waals surface area contributed by atoms with Gasteiger partial charge in [0.2, 0.25) is 0 Å². The smallest absolute Gasteiger partial charge is 0.315 e. The molecule has 1 atom stereocenters. The van der Waals surface area contributed by atoms with E-state index in [4.69, 9.17) is 9.15 Å². The molecular weight excluding hydrogens is 258 g/mol. The Morgan fingerprint density at radius 1 is 1.45 bits per heavy atom. The highest BCUT2D eigenvalue weighted by Gasteiger charge is 2.19. The molecule has 0 bridgehead atoms. The molecule has 1 fully saturated rings. The van der Waals surface area contributed by atoms with Gasteiger partial charge in [0, 0.05) is 25.8 Å². The van der Waals surface area contributed by atoms with Crippen LogP contribution in [0.2, 0.25) is 0 Å². The molecule has 2 heterocycles. The van der Waals surface area contributed by atoms with Crippen LogP contribution in [0.15, 0.2) is 22.8 Å². The summed E-state index contributed by atoms with van der Waals surface area (Å²) in [4.78, 5) is 13.9. The summed E-state index contributed by atoms with van der Waals surface area (Å²) >= 11 is 0. The van der Waals surface area contributed by atoms with Crippen molar-refractivity contribution in [3.8, 4) is 0 Å². The summed E-state index contributed by atoms with van der Waals surface area (Å²) in [6, 6.07) is 3.89. The van der Waals surface area contributed by atoms with Crippen LogP contribution in [0.1, 0.15) is 24.6 Å². The molecule has 0 saturated carbocycles. The average molecular weight is 281 g/mol. The molecule has 20 heavy (non-hydrogen) atoms. The Labute approximate surface area is 119 Å².